The van der Waals surface area contributed by atoms with Crippen molar-refractivity contribution in [2.45, 2.75) is 20.3 Å². The van der Waals surface area contributed by atoms with E-state index in [-0.39, 0.29) is 0 Å². The third-order valence-electron chi connectivity index (χ3n) is 1.27. The van der Waals surface area contributed by atoms with Crippen LogP contribution in [0.4, 0.5) is 0 Å². The molecule has 0 aromatic rings. The predicted molar refractivity (Wildman–Crippen MR) is 40.2 cm³/mol. The molecule has 0 spiro atoms. The van der Waals surface area contributed by atoms with Crippen molar-refractivity contribution in [2.75, 3.05) is 6.54 Å². The average Bonchev–Trinajstić information content (AvgIpc) is 1.90. The first-order valence-electron chi connectivity index (χ1n) is 3.37. The smallest absolute Gasteiger partial charge is 0.125 e. The predicted octanol–water partition coefficient (Wildman–Crippen LogP) is 1.52. The fourth-order valence-corrected chi connectivity index (χ4v) is 0.767. The van der Waals surface area contributed by atoms with Gasteiger partial charge in [0.15, 0.2) is 0 Å². The summed E-state index contributed by atoms with van der Waals surface area (Å²) >= 11 is 0. The molecule has 0 radical (unpaired) electrons. The molecule has 9 heavy (non-hydrogen) atoms. The normalized spacial score (nSPS) is 18.3. The zero-order valence-electron chi connectivity index (χ0n) is 5.96. The van der Waals surface area contributed by atoms with Crippen LogP contribution < -0.4 is 0 Å². The molecule has 0 aliphatic carbocycles. The van der Waals surface area contributed by atoms with E-state index in [9.17, 15) is 0 Å². The highest BCUT2D eigenvalue weighted by Crippen LogP contribution is 2.01. The van der Waals surface area contributed by atoms with Gasteiger partial charge in [0.25, 0.3) is 0 Å². The number of aliphatic imine (C=N–C) groups is 2. The van der Waals surface area contributed by atoms with Crippen LogP contribution in [0.2, 0.25) is 0 Å². The van der Waals surface area contributed by atoms with Gasteiger partial charge in [-0.1, -0.05) is 13.8 Å². The van der Waals surface area contributed by atoms with E-state index in [2.05, 4.69) is 23.8 Å². The summed E-state index contributed by atoms with van der Waals surface area (Å²) in [4.78, 5) is 8.40. The molecule has 0 fully saturated rings. The molecule has 1 heterocycles. The van der Waals surface area contributed by atoms with Crippen LogP contribution in [0.3, 0.4) is 0 Å². The monoisotopic (exact) mass is 124 g/mol. The van der Waals surface area contributed by atoms with Gasteiger partial charge in [-0.3, -0.25) is 4.99 Å². The van der Waals surface area contributed by atoms with Gasteiger partial charge in [0, 0.05) is 25.1 Å². The van der Waals surface area contributed by atoms with Gasteiger partial charge in [-0.05, 0) is 0 Å². The molecule has 50 valence electrons. The van der Waals surface area contributed by atoms with Crippen LogP contribution in [0.25, 0.3) is 0 Å². The first-order chi connectivity index (χ1) is 4.30. The fourth-order valence-electron chi connectivity index (χ4n) is 0.767. The molecule has 0 unspecified atom stereocenters. The van der Waals surface area contributed by atoms with Crippen LogP contribution in [0.5, 0.6) is 0 Å². The highest BCUT2D eigenvalue weighted by atomic mass is 14.9. The number of hydrogen-bond acceptors (Lipinski definition) is 2. The molecular formula is C7H12N2. The van der Waals surface area contributed by atoms with Gasteiger partial charge in [0.1, 0.15) is 5.84 Å². The third-order valence-corrected chi connectivity index (χ3v) is 1.27. The van der Waals surface area contributed by atoms with Crippen molar-refractivity contribution in [1.82, 2.24) is 0 Å². The lowest BCUT2D eigenvalue weighted by atomic mass is 10.2. The first kappa shape index (κ1) is 6.46. The number of rotatable bonds is 1. The van der Waals surface area contributed by atoms with E-state index in [1.807, 2.05) is 6.21 Å². The zero-order valence-corrected chi connectivity index (χ0v) is 5.96. The Morgan fingerprint density at radius 2 is 2.33 bits per heavy atom. The van der Waals surface area contributed by atoms with E-state index in [4.69, 9.17) is 0 Å². The van der Waals surface area contributed by atoms with Crippen LogP contribution >= 0.6 is 0 Å². The van der Waals surface area contributed by atoms with Crippen LogP contribution in [0.1, 0.15) is 20.3 Å². The lowest BCUT2D eigenvalue weighted by Crippen LogP contribution is -2.09. The van der Waals surface area contributed by atoms with Gasteiger partial charge in [-0.25, -0.2) is 4.99 Å². The maximum atomic E-state index is 4.25. The molecule has 0 N–H and O–H groups in total. The zero-order chi connectivity index (χ0) is 6.69. The van der Waals surface area contributed by atoms with Gasteiger partial charge in [0.2, 0.25) is 0 Å². The topological polar surface area (TPSA) is 24.7 Å². The molecule has 0 aromatic carbocycles. The van der Waals surface area contributed by atoms with Gasteiger partial charge in [-0.2, -0.15) is 0 Å². The Balaban J connectivity index is 2.58. The van der Waals surface area contributed by atoms with Crippen molar-refractivity contribution in [3.05, 3.63) is 0 Å². The Kier molecular flexibility index (Phi) is 1.98. The minimum absolute atomic E-state index is 0.488. The minimum Gasteiger partial charge on any atom is -0.270 e. The molecule has 0 saturated carbocycles. The highest BCUT2D eigenvalue weighted by Gasteiger charge is 2.03. The van der Waals surface area contributed by atoms with Crippen molar-refractivity contribution in [2.24, 2.45) is 15.9 Å². The summed E-state index contributed by atoms with van der Waals surface area (Å²) in [5.74, 6) is 1.49. The van der Waals surface area contributed by atoms with E-state index in [0.717, 1.165) is 18.8 Å². The molecule has 0 aromatic heterocycles. The van der Waals surface area contributed by atoms with Crippen LogP contribution in [0, 0.1) is 5.92 Å². The van der Waals surface area contributed by atoms with E-state index in [1.165, 1.54) is 0 Å². The van der Waals surface area contributed by atoms with E-state index < -0.39 is 0 Å². The second kappa shape index (κ2) is 2.76. The second-order valence-electron chi connectivity index (χ2n) is 2.49. The summed E-state index contributed by atoms with van der Waals surface area (Å²) in [5.41, 5.74) is 0. The first-order valence-corrected chi connectivity index (χ1v) is 3.37. The van der Waals surface area contributed by atoms with Crippen molar-refractivity contribution in [3.8, 4) is 0 Å². The lowest BCUT2D eigenvalue weighted by Gasteiger charge is -2.06. The minimum atomic E-state index is 0.488. The molecule has 0 atom stereocenters. The standard InChI is InChI=1S/C7H12N2/c1-6(2)7-8-4-3-5-9-7/h4,6H,3,5H2,1-2H3. The summed E-state index contributed by atoms with van der Waals surface area (Å²) in [6.45, 7) is 5.15. The molecule has 2 nitrogen and oxygen atoms in total. The van der Waals surface area contributed by atoms with Gasteiger partial charge in [0.05, 0.1) is 0 Å². The maximum absolute atomic E-state index is 4.25. The molecular weight excluding hydrogens is 112 g/mol. The number of nitrogens with zero attached hydrogens (tertiary/aromatic N) is 2. The van der Waals surface area contributed by atoms with Crippen molar-refractivity contribution >= 4 is 12.1 Å². The second-order valence-corrected chi connectivity index (χ2v) is 2.49. The van der Waals surface area contributed by atoms with Gasteiger partial charge < -0.3 is 0 Å². The molecule has 0 bridgehead atoms. The summed E-state index contributed by atoms with van der Waals surface area (Å²) in [6.07, 6.45) is 2.96. The third kappa shape index (κ3) is 1.63. The Bertz CT molecular complexity index is 145. The van der Waals surface area contributed by atoms with E-state index in [0.29, 0.717) is 5.92 Å². The molecule has 1 rings (SSSR count). The maximum Gasteiger partial charge on any atom is 0.125 e. The molecule has 1 aliphatic rings. The Hall–Kier alpha value is -0.660. The fraction of sp³-hybridized carbons (Fsp3) is 0.714. The van der Waals surface area contributed by atoms with Gasteiger partial charge in [-0.15, -0.1) is 0 Å². The summed E-state index contributed by atoms with van der Waals surface area (Å²) in [7, 11) is 0. The summed E-state index contributed by atoms with van der Waals surface area (Å²) in [5, 5.41) is 0. The molecule has 0 saturated heterocycles. The molecule has 1 aliphatic heterocycles. The van der Waals surface area contributed by atoms with Crippen LogP contribution in [-0.2, 0) is 0 Å². The molecule has 2 heteroatoms. The Morgan fingerprint density at radius 3 is 2.67 bits per heavy atom. The van der Waals surface area contributed by atoms with Gasteiger partial charge >= 0.3 is 0 Å². The highest BCUT2D eigenvalue weighted by molar-refractivity contribution is 5.92. The van der Waals surface area contributed by atoms with E-state index >= 15 is 0 Å². The largest absolute Gasteiger partial charge is 0.270 e. The Labute approximate surface area is 55.7 Å². The van der Waals surface area contributed by atoms with Crippen molar-refractivity contribution in [3.63, 3.8) is 0 Å². The SMILES string of the molecule is CC(C)C1=NCCC=N1. The van der Waals surface area contributed by atoms with Crippen molar-refractivity contribution in [1.29, 1.82) is 0 Å². The number of amidine groups is 1. The summed E-state index contributed by atoms with van der Waals surface area (Å²) < 4.78 is 0. The lowest BCUT2D eigenvalue weighted by molar-refractivity contribution is 0.848. The van der Waals surface area contributed by atoms with Crippen molar-refractivity contribution < 1.29 is 0 Å². The van der Waals surface area contributed by atoms with Crippen LogP contribution in [0.15, 0.2) is 9.98 Å². The van der Waals surface area contributed by atoms with Crippen LogP contribution in [-0.4, -0.2) is 18.6 Å². The quantitative estimate of drug-likeness (QED) is 0.506. The summed E-state index contributed by atoms with van der Waals surface area (Å²) in [6, 6.07) is 0. The van der Waals surface area contributed by atoms with E-state index in [1.54, 1.807) is 0 Å². The Morgan fingerprint density at radius 1 is 1.56 bits per heavy atom. The molecule has 0 amide bonds. The number of hydrogen-bond donors (Lipinski definition) is 0. The average molecular weight is 124 g/mol.